The second-order valence-corrected chi connectivity index (χ2v) is 8.58. The lowest BCUT2D eigenvalue weighted by atomic mass is 10.2. The van der Waals surface area contributed by atoms with Crippen LogP contribution in [0.15, 0.2) is 84.9 Å². The zero-order valence-electron chi connectivity index (χ0n) is 13.9. The van der Waals surface area contributed by atoms with E-state index >= 15 is 0 Å². The molecule has 3 nitrogen and oxygen atoms in total. The molecule has 128 valence electrons. The lowest BCUT2D eigenvalue weighted by Gasteiger charge is -2.21. The molecule has 0 spiro atoms. The Morgan fingerprint density at radius 1 is 0.760 bits per heavy atom. The smallest absolute Gasteiger partial charge is 0.147 e. The minimum absolute atomic E-state index is 0.0522. The van der Waals surface area contributed by atoms with Gasteiger partial charge in [-0.2, -0.15) is 0 Å². The van der Waals surface area contributed by atoms with Crippen LogP contribution in [0, 0.1) is 0 Å². The van der Waals surface area contributed by atoms with Crippen molar-refractivity contribution in [2.24, 2.45) is 0 Å². The molecule has 4 heteroatoms. The minimum Gasteiger partial charge on any atom is -0.491 e. The van der Waals surface area contributed by atoms with Gasteiger partial charge < -0.3 is 14.4 Å². The van der Waals surface area contributed by atoms with Crippen molar-refractivity contribution in [2.75, 3.05) is 13.2 Å². The zero-order valence-corrected chi connectivity index (χ0v) is 14.8. The van der Waals surface area contributed by atoms with Crippen LogP contribution < -0.4 is 15.3 Å². The van der Waals surface area contributed by atoms with Crippen LogP contribution in [0.25, 0.3) is 0 Å². The first-order valence-electron chi connectivity index (χ1n) is 8.26. The van der Waals surface area contributed by atoms with E-state index in [1.165, 1.54) is 0 Å². The first kappa shape index (κ1) is 17.5. The van der Waals surface area contributed by atoms with Crippen LogP contribution in [0.1, 0.15) is 5.56 Å². The Morgan fingerprint density at radius 3 is 1.84 bits per heavy atom. The molecule has 0 aliphatic rings. The Hall–Kier alpha value is -2.35. The van der Waals surface area contributed by atoms with E-state index in [1.54, 1.807) is 0 Å². The Labute approximate surface area is 148 Å². The number of benzene rings is 3. The van der Waals surface area contributed by atoms with E-state index in [0.717, 1.165) is 16.2 Å². The van der Waals surface area contributed by atoms with Crippen molar-refractivity contribution < 1.29 is 14.4 Å². The highest BCUT2D eigenvalue weighted by atomic mass is 31.2. The van der Waals surface area contributed by atoms with E-state index in [1.807, 2.05) is 84.9 Å². The van der Waals surface area contributed by atoms with Gasteiger partial charge in [-0.15, -0.1) is 0 Å². The third kappa shape index (κ3) is 4.01. The highest BCUT2D eigenvalue weighted by Gasteiger charge is 2.28. The van der Waals surface area contributed by atoms with Gasteiger partial charge in [0.2, 0.25) is 0 Å². The molecule has 3 aromatic rings. The monoisotopic (exact) mass is 352 g/mol. The maximum absolute atomic E-state index is 14.1. The summed E-state index contributed by atoms with van der Waals surface area (Å²) in [5, 5.41) is 10.7. The van der Waals surface area contributed by atoms with Gasteiger partial charge in [0.1, 0.15) is 19.5 Å². The van der Waals surface area contributed by atoms with E-state index in [0.29, 0.717) is 11.9 Å². The lowest BCUT2D eigenvalue weighted by Crippen LogP contribution is -2.18. The van der Waals surface area contributed by atoms with Crippen LogP contribution in [-0.4, -0.2) is 18.3 Å². The van der Waals surface area contributed by atoms with E-state index < -0.39 is 7.14 Å². The second-order valence-electron chi connectivity index (χ2n) is 5.75. The number of hydrogen-bond acceptors (Lipinski definition) is 3. The fourth-order valence-electron chi connectivity index (χ4n) is 2.84. The largest absolute Gasteiger partial charge is 0.491 e. The zero-order chi connectivity index (χ0) is 17.5. The minimum atomic E-state index is -2.85. The molecular weight excluding hydrogens is 331 g/mol. The van der Waals surface area contributed by atoms with Crippen molar-refractivity contribution in [1.82, 2.24) is 0 Å². The predicted molar refractivity (Wildman–Crippen MR) is 102 cm³/mol. The van der Waals surface area contributed by atoms with E-state index in [2.05, 4.69) is 0 Å². The summed E-state index contributed by atoms with van der Waals surface area (Å²) in [7, 11) is -2.85. The van der Waals surface area contributed by atoms with Crippen molar-refractivity contribution in [3.8, 4) is 5.75 Å². The molecule has 0 saturated carbocycles. The maximum atomic E-state index is 14.1. The molecule has 25 heavy (non-hydrogen) atoms. The number of ether oxygens (including phenoxy) is 1. The lowest BCUT2D eigenvalue weighted by molar-refractivity contribution is 0.200. The molecule has 0 bridgehead atoms. The number of aliphatic hydroxyl groups excluding tert-OH is 1. The standard InChI is InChI=1S/C21H21O3P/c22-15-16-24-21-14-8-7-9-18(21)17-25(23,19-10-3-1-4-11-19)20-12-5-2-6-13-20/h1-14,22H,15-17H2. The average molecular weight is 352 g/mol. The fourth-order valence-corrected chi connectivity index (χ4v) is 5.55. The molecule has 0 aromatic heterocycles. The van der Waals surface area contributed by atoms with Gasteiger partial charge in [0.25, 0.3) is 0 Å². The van der Waals surface area contributed by atoms with Crippen LogP contribution in [0.4, 0.5) is 0 Å². The highest BCUT2D eigenvalue weighted by molar-refractivity contribution is 7.78. The topological polar surface area (TPSA) is 46.5 Å². The maximum Gasteiger partial charge on any atom is 0.147 e. The van der Waals surface area contributed by atoms with Crippen molar-refractivity contribution in [3.05, 3.63) is 90.5 Å². The summed E-state index contributed by atoms with van der Waals surface area (Å²) in [5.41, 5.74) is 0.881. The number of rotatable bonds is 7. The summed E-state index contributed by atoms with van der Waals surface area (Å²) in [6.45, 7) is 0.168. The molecule has 0 amide bonds. The molecule has 3 rings (SSSR count). The van der Waals surface area contributed by atoms with Gasteiger partial charge in [-0.3, -0.25) is 0 Å². The molecule has 3 aromatic carbocycles. The van der Waals surface area contributed by atoms with Crippen LogP contribution in [0.3, 0.4) is 0 Å². The first-order valence-corrected chi connectivity index (χ1v) is 10.1. The molecular formula is C21H21O3P. The highest BCUT2D eigenvalue weighted by Crippen LogP contribution is 2.48. The Kier molecular flexibility index (Phi) is 5.70. The van der Waals surface area contributed by atoms with Crippen LogP contribution in [-0.2, 0) is 10.7 Å². The SMILES string of the molecule is O=P(Cc1ccccc1OCCO)(c1ccccc1)c1ccccc1. The van der Waals surface area contributed by atoms with Gasteiger partial charge >= 0.3 is 0 Å². The average Bonchev–Trinajstić information content (AvgIpc) is 2.68. The van der Waals surface area contributed by atoms with Gasteiger partial charge in [-0.25, -0.2) is 0 Å². The molecule has 0 saturated heterocycles. The normalized spacial score (nSPS) is 11.2. The fraction of sp³-hybridized carbons (Fsp3) is 0.143. The quantitative estimate of drug-likeness (QED) is 0.661. The molecule has 0 unspecified atom stereocenters. The van der Waals surface area contributed by atoms with Crippen molar-refractivity contribution >= 4 is 17.8 Å². The molecule has 0 fully saturated rings. The number of para-hydroxylation sites is 1. The van der Waals surface area contributed by atoms with Crippen LogP contribution in [0.2, 0.25) is 0 Å². The third-order valence-corrected chi connectivity index (χ3v) is 7.11. The summed E-state index contributed by atoms with van der Waals surface area (Å²) in [5.74, 6) is 0.670. The number of hydrogen-bond donors (Lipinski definition) is 1. The molecule has 1 N–H and O–H groups in total. The number of aliphatic hydroxyl groups is 1. The predicted octanol–water partition coefficient (Wildman–Crippen LogP) is 3.57. The summed E-state index contributed by atoms with van der Waals surface area (Å²) in [4.78, 5) is 0. The molecule has 0 aliphatic heterocycles. The Morgan fingerprint density at radius 2 is 1.28 bits per heavy atom. The van der Waals surface area contributed by atoms with Crippen molar-refractivity contribution in [3.63, 3.8) is 0 Å². The van der Waals surface area contributed by atoms with Gasteiger partial charge in [0.05, 0.1) is 6.61 Å². The summed E-state index contributed by atoms with van der Waals surface area (Å²) in [6.07, 6.45) is 0.378. The molecule has 0 atom stereocenters. The van der Waals surface area contributed by atoms with Crippen LogP contribution >= 0.6 is 7.14 Å². The second kappa shape index (κ2) is 8.15. The van der Waals surface area contributed by atoms with E-state index in [4.69, 9.17) is 9.84 Å². The van der Waals surface area contributed by atoms with Crippen molar-refractivity contribution in [1.29, 1.82) is 0 Å². The summed E-state index contributed by atoms with van der Waals surface area (Å²) < 4.78 is 19.7. The van der Waals surface area contributed by atoms with E-state index in [-0.39, 0.29) is 13.2 Å². The first-order chi connectivity index (χ1) is 12.2. The Bertz CT molecular complexity index is 804. The summed E-state index contributed by atoms with van der Waals surface area (Å²) in [6, 6.07) is 26.8. The van der Waals surface area contributed by atoms with Gasteiger partial charge in [0.15, 0.2) is 0 Å². The van der Waals surface area contributed by atoms with E-state index in [9.17, 15) is 4.57 Å². The Balaban J connectivity index is 2.05. The summed E-state index contributed by atoms with van der Waals surface area (Å²) >= 11 is 0. The van der Waals surface area contributed by atoms with Gasteiger partial charge in [-0.1, -0.05) is 78.9 Å². The van der Waals surface area contributed by atoms with Gasteiger partial charge in [-0.05, 0) is 6.07 Å². The van der Waals surface area contributed by atoms with Crippen molar-refractivity contribution in [2.45, 2.75) is 6.16 Å². The molecule has 0 radical (unpaired) electrons. The van der Waals surface area contributed by atoms with Crippen LogP contribution in [0.5, 0.6) is 5.75 Å². The molecule has 0 heterocycles. The van der Waals surface area contributed by atoms with Gasteiger partial charge in [0, 0.05) is 22.3 Å². The third-order valence-electron chi connectivity index (χ3n) is 4.06. The molecule has 0 aliphatic carbocycles.